The van der Waals surface area contributed by atoms with Crippen LogP contribution >= 0.6 is 39.9 Å². The largest absolute Gasteiger partial charge is 0.490 e. The van der Waals surface area contributed by atoms with Crippen molar-refractivity contribution in [2.75, 3.05) is 6.61 Å². The summed E-state index contributed by atoms with van der Waals surface area (Å²) in [7, 11) is 0. The fourth-order valence-electron chi connectivity index (χ4n) is 3.28. The van der Waals surface area contributed by atoms with Crippen LogP contribution in [0.3, 0.4) is 0 Å². The van der Waals surface area contributed by atoms with Gasteiger partial charge in [-0.3, -0.25) is 15.0 Å². The molecule has 0 radical (unpaired) electrons. The first-order valence-corrected chi connectivity index (χ1v) is 12.8. The summed E-state index contributed by atoms with van der Waals surface area (Å²) in [4.78, 5) is 25.8. The lowest BCUT2D eigenvalue weighted by molar-refractivity contribution is -0.123. The zero-order valence-electron chi connectivity index (χ0n) is 19.0. The monoisotopic (exact) mass is 586 g/mol. The van der Waals surface area contributed by atoms with Gasteiger partial charge in [-0.1, -0.05) is 42.1 Å². The third-order valence-corrected chi connectivity index (χ3v) is 6.86. The Kier molecular flexibility index (Phi) is 8.40. The van der Waals surface area contributed by atoms with Gasteiger partial charge in [-0.2, -0.15) is 5.01 Å². The number of nitrogens with zero attached hydrogens (tertiary/aromatic N) is 1. The maximum Gasteiger partial charge on any atom is 0.285 e. The summed E-state index contributed by atoms with van der Waals surface area (Å²) in [5, 5.41) is 1.07. The SMILES string of the molecule is CCOc1cc(/C=C2\SC(=S)N(NC(=O)c3ccccc3)C2=O)cc(Br)c1OCc1ccc(F)cc1. The van der Waals surface area contributed by atoms with E-state index in [1.165, 1.54) is 12.1 Å². The average molecular weight is 587 g/mol. The van der Waals surface area contributed by atoms with Crippen molar-refractivity contribution < 1.29 is 23.5 Å². The highest BCUT2D eigenvalue weighted by Crippen LogP contribution is 2.39. The second kappa shape index (κ2) is 11.7. The molecule has 2 amide bonds. The van der Waals surface area contributed by atoms with Crippen molar-refractivity contribution in [1.29, 1.82) is 0 Å². The standard InChI is InChI=1S/C26H20BrFN2O4S2/c1-2-33-21-13-17(12-20(27)23(21)34-15-16-8-10-19(28)11-9-16)14-22-25(32)30(26(35)36-22)29-24(31)18-6-4-3-5-7-18/h3-14H,2,15H2,1H3,(H,29,31)/b22-14-. The summed E-state index contributed by atoms with van der Waals surface area (Å²) in [5.41, 5.74) is 4.45. The summed E-state index contributed by atoms with van der Waals surface area (Å²) in [6, 6.07) is 18.2. The molecule has 0 unspecified atom stereocenters. The number of hydrogen-bond donors (Lipinski definition) is 1. The Bertz CT molecular complexity index is 1330. The van der Waals surface area contributed by atoms with Crippen LogP contribution in [0.25, 0.3) is 6.08 Å². The smallest absolute Gasteiger partial charge is 0.285 e. The fraction of sp³-hybridized carbons (Fsp3) is 0.115. The Labute approximate surface area is 225 Å². The Morgan fingerprint density at radius 2 is 1.86 bits per heavy atom. The molecule has 0 saturated carbocycles. The molecule has 1 N–H and O–H groups in total. The zero-order chi connectivity index (χ0) is 25.7. The predicted molar refractivity (Wildman–Crippen MR) is 145 cm³/mol. The van der Waals surface area contributed by atoms with Gasteiger partial charge in [0.25, 0.3) is 11.8 Å². The summed E-state index contributed by atoms with van der Waals surface area (Å²) >= 11 is 9.93. The number of hydrazine groups is 1. The van der Waals surface area contributed by atoms with Crippen LogP contribution in [0.2, 0.25) is 0 Å². The molecule has 6 nitrogen and oxygen atoms in total. The Morgan fingerprint density at radius 3 is 2.56 bits per heavy atom. The first-order chi connectivity index (χ1) is 17.4. The minimum atomic E-state index is -0.433. The number of halogens is 2. The maximum absolute atomic E-state index is 13.2. The van der Waals surface area contributed by atoms with E-state index in [9.17, 15) is 14.0 Å². The third kappa shape index (κ3) is 6.13. The van der Waals surface area contributed by atoms with Crippen molar-refractivity contribution in [2.24, 2.45) is 0 Å². The van der Waals surface area contributed by atoms with Crippen LogP contribution in [0.15, 0.2) is 76.1 Å². The van der Waals surface area contributed by atoms with E-state index in [2.05, 4.69) is 21.4 Å². The number of thioether (sulfide) groups is 1. The van der Waals surface area contributed by atoms with Crippen molar-refractivity contribution >= 4 is 62.1 Å². The van der Waals surface area contributed by atoms with Gasteiger partial charge in [0.05, 0.1) is 16.0 Å². The summed E-state index contributed by atoms with van der Waals surface area (Å²) < 4.78 is 25.7. The molecule has 0 aromatic heterocycles. The van der Waals surface area contributed by atoms with Crippen LogP contribution in [-0.4, -0.2) is 27.8 Å². The third-order valence-electron chi connectivity index (χ3n) is 4.97. The molecule has 1 aliphatic heterocycles. The lowest BCUT2D eigenvalue weighted by Gasteiger charge is -2.16. The molecule has 0 bridgehead atoms. The van der Waals surface area contributed by atoms with Gasteiger partial charge in [0.2, 0.25) is 0 Å². The van der Waals surface area contributed by atoms with Gasteiger partial charge in [0, 0.05) is 5.56 Å². The van der Waals surface area contributed by atoms with Crippen molar-refractivity contribution in [2.45, 2.75) is 13.5 Å². The Balaban J connectivity index is 1.53. The van der Waals surface area contributed by atoms with Gasteiger partial charge in [0.15, 0.2) is 15.8 Å². The van der Waals surface area contributed by atoms with Crippen LogP contribution < -0.4 is 14.9 Å². The van der Waals surface area contributed by atoms with E-state index in [0.717, 1.165) is 22.3 Å². The normalized spacial score (nSPS) is 14.3. The van der Waals surface area contributed by atoms with Crippen molar-refractivity contribution in [3.05, 3.63) is 98.6 Å². The molecule has 1 aliphatic rings. The van der Waals surface area contributed by atoms with Crippen molar-refractivity contribution in [3.63, 3.8) is 0 Å². The van der Waals surface area contributed by atoms with E-state index in [4.69, 9.17) is 21.7 Å². The number of nitrogens with one attached hydrogen (secondary N) is 1. The topological polar surface area (TPSA) is 67.9 Å². The van der Waals surface area contributed by atoms with Crippen LogP contribution in [0.4, 0.5) is 4.39 Å². The van der Waals surface area contributed by atoms with Gasteiger partial charge in [0.1, 0.15) is 12.4 Å². The number of rotatable bonds is 8. The number of carbonyl (C=O) groups excluding carboxylic acids is 2. The molecule has 1 saturated heterocycles. The van der Waals surface area contributed by atoms with E-state index in [1.54, 1.807) is 60.7 Å². The molecule has 3 aromatic carbocycles. The van der Waals surface area contributed by atoms with Gasteiger partial charge >= 0.3 is 0 Å². The highest BCUT2D eigenvalue weighted by molar-refractivity contribution is 9.10. The molecule has 184 valence electrons. The minimum Gasteiger partial charge on any atom is -0.490 e. The van der Waals surface area contributed by atoms with Crippen LogP contribution in [-0.2, 0) is 11.4 Å². The summed E-state index contributed by atoms with van der Waals surface area (Å²) in [5.74, 6) is -0.212. The molecular weight excluding hydrogens is 567 g/mol. The van der Waals surface area contributed by atoms with Crippen LogP contribution in [0, 0.1) is 5.82 Å². The average Bonchev–Trinajstić information content (AvgIpc) is 3.12. The molecule has 3 aromatic rings. The van der Waals surface area contributed by atoms with Crippen LogP contribution in [0.5, 0.6) is 11.5 Å². The van der Waals surface area contributed by atoms with Crippen molar-refractivity contribution in [3.8, 4) is 11.5 Å². The molecule has 36 heavy (non-hydrogen) atoms. The predicted octanol–water partition coefficient (Wildman–Crippen LogP) is 6.11. The zero-order valence-corrected chi connectivity index (χ0v) is 22.2. The Hall–Kier alpha value is -3.21. The summed E-state index contributed by atoms with van der Waals surface area (Å²) in [6.45, 7) is 2.47. The molecule has 1 fully saturated rings. The molecule has 0 aliphatic carbocycles. The maximum atomic E-state index is 13.2. The first kappa shape index (κ1) is 25.9. The van der Waals surface area contributed by atoms with Gasteiger partial charge in [-0.25, -0.2) is 4.39 Å². The van der Waals surface area contributed by atoms with E-state index in [1.807, 2.05) is 6.92 Å². The minimum absolute atomic E-state index is 0.220. The van der Waals surface area contributed by atoms with Crippen molar-refractivity contribution in [1.82, 2.24) is 10.4 Å². The molecule has 1 heterocycles. The van der Waals surface area contributed by atoms with Gasteiger partial charge in [-0.15, -0.1) is 0 Å². The quantitative estimate of drug-likeness (QED) is 0.254. The molecule has 0 atom stereocenters. The first-order valence-electron chi connectivity index (χ1n) is 10.8. The number of amides is 2. The molecule has 0 spiro atoms. The van der Waals surface area contributed by atoms with E-state index >= 15 is 0 Å². The fourth-order valence-corrected chi connectivity index (χ4v) is 5.04. The highest BCUT2D eigenvalue weighted by Gasteiger charge is 2.34. The second-order valence-corrected chi connectivity index (χ2v) is 10.0. The number of thiocarbonyl (C=S) groups is 1. The van der Waals surface area contributed by atoms with Gasteiger partial charge < -0.3 is 9.47 Å². The number of benzene rings is 3. The number of ether oxygens (including phenoxy) is 2. The second-order valence-electron chi connectivity index (χ2n) is 7.50. The molecular formula is C26H20BrFN2O4S2. The molecule has 10 heteroatoms. The van der Waals surface area contributed by atoms with E-state index < -0.39 is 11.8 Å². The van der Waals surface area contributed by atoms with Crippen LogP contribution in [0.1, 0.15) is 28.4 Å². The lowest BCUT2D eigenvalue weighted by Crippen LogP contribution is -2.44. The lowest BCUT2D eigenvalue weighted by atomic mass is 10.1. The number of hydrogen-bond acceptors (Lipinski definition) is 6. The van der Waals surface area contributed by atoms with E-state index in [0.29, 0.717) is 38.6 Å². The highest BCUT2D eigenvalue weighted by atomic mass is 79.9. The number of carbonyl (C=O) groups is 2. The Morgan fingerprint density at radius 1 is 1.14 bits per heavy atom. The summed E-state index contributed by atoms with van der Waals surface area (Å²) in [6.07, 6.45) is 1.67. The van der Waals surface area contributed by atoms with Gasteiger partial charge in [-0.05, 0) is 88.7 Å². The van der Waals surface area contributed by atoms with E-state index in [-0.39, 0.29) is 16.7 Å². The molecule has 4 rings (SSSR count).